The van der Waals surface area contributed by atoms with Gasteiger partial charge in [0.05, 0.1) is 22.2 Å². The maximum Gasteiger partial charge on any atom is 0.235 e. The largest absolute Gasteiger partial charge is 0.278 e. The number of fused-ring (bicyclic) bond motifs is 8. The standard InChI is InChI=1S/C50H37N3/c1-49(2)39-17-10-8-15-34(39)35-24-21-33(29-41(35)49)31-23-26-45-38(27-31)36-16-9-11-20-44(36)53(45)48-51-43-19-12-18-40-46(43)47(52-48)37-25-22-32(28-42(37)50(40,3)4)30-13-6-5-7-14-30/h5-29H,1-4H3. The second kappa shape index (κ2) is 10.6. The van der Waals surface area contributed by atoms with Crippen LogP contribution in [-0.2, 0) is 10.8 Å². The van der Waals surface area contributed by atoms with Crippen LogP contribution in [0.3, 0.4) is 0 Å². The fourth-order valence-corrected chi connectivity index (χ4v) is 9.46. The van der Waals surface area contributed by atoms with Gasteiger partial charge >= 0.3 is 0 Å². The highest BCUT2D eigenvalue weighted by atomic mass is 15.2. The molecule has 2 heterocycles. The van der Waals surface area contributed by atoms with E-state index < -0.39 is 0 Å². The fraction of sp³-hybridized carbons (Fsp3) is 0.120. The highest BCUT2D eigenvalue weighted by Crippen LogP contribution is 2.51. The fourth-order valence-electron chi connectivity index (χ4n) is 9.46. The lowest BCUT2D eigenvalue weighted by atomic mass is 9.69. The van der Waals surface area contributed by atoms with Gasteiger partial charge in [0, 0.05) is 32.6 Å². The molecule has 0 atom stereocenters. The first-order valence-electron chi connectivity index (χ1n) is 18.6. The molecule has 3 heteroatoms. The number of aromatic nitrogens is 3. The minimum absolute atomic E-state index is 0.0490. The first-order valence-corrected chi connectivity index (χ1v) is 18.6. The van der Waals surface area contributed by atoms with Gasteiger partial charge < -0.3 is 0 Å². The van der Waals surface area contributed by atoms with Gasteiger partial charge in [0.1, 0.15) is 0 Å². The van der Waals surface area contributed by atoms with Crippen LogP contribution in [0, 0.1) is 0 Å². The Morgan fingerprint density at radius 2 is 1.02 bits per heavy atom. The molecule has 2 aromatic heterocycles. The molecule has 0 amide bonds. The molecule has 0 fully saturated rings. The van der Waals surface area contributed by atoms with Crippen molar-refractivity contribution in [1.82, 2.24) is 14.5 Å². The van der Waals surface area contributed by atoms with E-state index in [1.807, 2.05) is 0 Å². The molecule has 53 heavy (non-hydrogen) atoms. The number of nitrogens with zero attached hydrogens (tertiary/aromatic N) is 3. The molecule has 11 rings (SSSR count). The van der Waals surface area contributed by atoms with Gasteiger partial charge in [-0.05, 0) is 92.0 Å². The second-order valence-corrected chi connectivity index (χ2v) is 15.8. The molecule has 9 aromatic rings. The summed E-state index contributed by atoms with van der Waals surface area (Å²) in [4.78, 5) is 10.8. The smallest absolute Gasteiger partial charge is 0.235 e. The monoisotopic (exact) mass is 679 g/mol. The van der Waals surface area contributed by atoms with E-state index in [0.717, 1.165) is 27.6 Å². The van der Waals surface area contributed by atoms with Crippen molar-refractivity contribution < 1.29 is 0 Å². The Kier molecular flexibility index (Phi) is 6.07. The van der Waals surface area contributed by atoms with E-state index >= 15 is 0 Å². The third kappa shape index (κ3) is 4.16. The van der Waals surface area contributed by atoms with Gasteiger partial charge in [0.2, 0.25) is 5.95 Å². The first-order chi connectivity index (χ1) is 25.8. The number of hydrogen-bond donors (Lipinski definition) is 0. The zero-order chi connectivity index (χ0) is 35.6. The number of benzene rings is 7. The van der Waals surface area contributed by atoms with Crippen LogP contribution in [0.15, 0.2) is 152 Å². The Balaban J connectivity index is 1.10. The number of hydrogen-bond acceptors (Lipinski definition) is 2. The summed E-state index contributed by atoms with van der Waals surface area (Å²) in [6.07, 6.45) is 0. The third-order valence-corrected chi connectivity index (χ3v) is 12.2. The van der Waals surface area contributed by atoms with E-state index in [9.17, 15) is 0 Å². The van der Waals surface area contributed by atoms with Crippen LogP contribution >= 0.6 is 0 Å². The Morgan fingerprint density at radius 3 is 1.87 bits per heavy atom. The summed E-state index contributed by atoms with van der Waals surface area (Å²) in [6.45, 7) is 9.36. The highest BCUT2D eigenvalue weighted by molar-refractivity contribution is 6.10. The molecule has 0 bridgehead atoms. The summed E-state index contributed by atoms with van der Waals surface area (Å²) in [5, 5.41) is 3.53. The minimum atomic E-state index is -0.212. The molecule has 2 aliphatic carbocycles. The molecular formula is C50H37N3. The Labute approximate surface area is 309 Å². The van der Waals surface area contributed by atoms with Gasteiger partial charge in [-0.15, -0.1) is 0 Å². The van der Waals surface area contributed by atoms with Crippen molar-refractivity contribution in [3.05, 3.63) is 174 Å². The van der Waals surface area contributed by atoms with E-state index in [-0.39, 0.29) is 10.8 Å². The summed E-state index contributed by atoms with van der Waals surface area (Å²) in [7, 11) is 0. The first kappa shape index (κ1) is 30.3. The van der Waals surface area contributed by atoms with E-state index in [2.05, 4.69) is 184 Å². The molecule has 2 aliphatic rings. The molecule has 0 spiro atoms. The Morgan fingerprint density at radius 1 is 0.415 bits per heavy atom. The van der Waals surface area contributed by atoms with Crippen molar-refractivity contribution in [3.63, 3.8) is 0 Å². The quantitative estimate of drug-likeness (QED) is 0.186. The summed E-state index contributed by atoms with van der Waals surface area (Å²) in [6, 6.07) is 55.5. The summed E-state index contributed by atoms with van der Waals surface area (Å²) >= 11 is 0. The molecule has 0 unspecified atom stereocenters. The molecule has 0 aliphatic heterocycles. The molecule has 0 saturated heterocycles. The molecule has 252 valence electrons. The predicted molar refractivity (Wildman–Crippen MR) is 220 cm³/mol. The predicted octanol–water partition coefficient (Wildman–Crippen LogP) is 12.7. The Hall–Kier alpha value is -6.32. The zero-order valence-corrected chi connectivity index (χ0v) is 30.3. The lowest BCUT2D eigenvalue weighted by molar-refractivity contribution is 0.644. The number of rotatable bonds is 3. The van der Waals surface area contributed by atoms with Crippen LogP contribution in [0.2, 0.25) is 0 Å². The van der Waals surface area contributed by atoms with Crippen LogP contribution in [0.5, 0.6) is 0 Å². The van der Waals surface area contributed by atoms with Crippen molar-refractivity contribution in [3.8, 4) is 50.6 Å². The van der Waals surface area contributed by atoms with E-state index in [0.29, 0.717) is 5.95 Å². The molecule has 3 nitrogen and oxygen atoms in total. The van der Waals surface area contributed by atoms with Gasteiger partial charge in [0.25, 0.3) is 0 Å². The molecule has 0 radical (unpaired) electrons. The lowest BCUT2D eigenvalue weighted by Crippen LogP contribution is -2.24. The van der Waals surface area contributed by atoms with E-state index in [1.54, 1.807) is 0 Å². The third-order valence-electron chi connectivity index (χ3n) is 12.2. The normalized spacial score (nSPS) is 14.7. The summed E-state index contributed by atoms with van der Waals surface area (Å²) in [5.41, 5.74) is 18.0. The molecule has 7 aromatic carbocycles. The van der Waals surface area contributed by atoms with Crippen molar-refractivity contribution in [2.45, 2.75) is 38.5 Å². The van der Waals surface area contributed by atoms with Gasteiger partial charge in [-0.2, -0.15) is 0 Å². The second-order valence-electron chi connectivity index (χ2n) is 15.8. The summed E-state index contributed by atoms with van der Waals surface area (Å²) < 4.78 is 2.26. The van der Waals surface area contributed by atoms with Crippen molar-refractivity contribution in [2.75, 3.05) is 0 Å². The van der Waals surface area contributed by atoms with E-state index in [1.165, 1.54) is 72.0 Å². The zero-order valence-electron chi connectivity index (χ0n) is 30.3. The molecule has 0 N–H and O–H groups in total. The summed E-state index contributed by atoms with van der Waals surface area (Å²) in [5.74, 6) is 0.693. The highest BCUT2D eigenvalue weighted by Gasteiger charge is 2.37. The average Bonchev–Trinajstić information content (AvgIpc) is 3.64. The van der Waals surface area contributed by atoms with Crippen molar-refractivity contribution in [2.24, 2.45) is 0 Å². The van der Waals surface area contributed by atoms with E-state index in [4.69, 9.17) is 9.97 Å². The van der Waals surface area contributed by atoms with Crippen molar-refractivity contribution >= 4 is 32.7 Å². The SMILES string of the molecule is CC1(C)c2ccccc2-c2ccc(-c3ccc4c(c3)c3ccccc3n4-c3nc4c5c(cccc5n3)C(C)(C)c3cc(-c5ccccc5)ccc3-4)cc21. The van der Waals surface area contributed by atoms with Crippen LogP contribution < -0.4 is 0 Å². The maximum atomic E-state index is 5.49. The topological polar surface area (TPSA) is 30.7 Å². The Bertz CT molecular complexity index is 3000. The lowest BCUT2D eigenvalue weighted by Gasteiger charge is -2.35. The molecular weight excluding hydrogens is 643 g/mol. The maximum absolute atomic E-state index is 5.49. The van der Waals surface area contributed by atoms with Crippen LogP contribution in [0.25, 0.3) is 83.3 Å². The number of para-hydroxylation sites is 1. The van der Waals surface area contributed by atoms with Crippen LogP contribution in [-0.4, -0.2) is 14.5 Å². The van der Waals surface area contributed by atoms with Gasteiger partial charge in [-0.1, -0.05) is 143 Å². The molecule has 0 saturated carbocycles. The van der Waals surface area contributed by atoms with Crippen molar-refractivity contribution in [1.29, 1.82) is 0 Å². The van der Waals surface area contributed by atoms with Gasteiger partial charge in [-0.25, -0.2) is 9.97 Å². The van der Waals surface area contributed by atoms with Gasteiger partial charge in [-0.3, -0.25) is 4.57 Å². The van der Waals surface area contributed by atoms with Crippen LogP contribution in [0.1, 0.15) is 49.9 Å². The van der Waals surface area contributed by atoms with Gasteiger partial charge in [0.15, 0.2) is 0 Å². The minimum Gasteiger partial charge on any atom is -0.278 e. The van der Waals surface area contributed by atoms with Crippen LogP contribution in [0.4, 0.5) is 0 Å². The average molecular weight is 680 g/mol.